The largest absolute Gasteiger partial charge is 0.256 e. The summed E-state index contributed by atoms with van der Waals surface area (Å²) in [6.45, 7) is 4.82. The van der Waals surface area contributed by atoms with E-state index in [2.05, 4.69) is 208 Å². The minimum atomic E-state index is -0.236. The first-order valence-electron chi connectivity index (χ1n) is 21.9. The number of hydrogen-bond acceptors (Lipinski definition) is 2. The topological polar surface area (TPSA) is 25.8 Å². The molecule has 2 heteroatoms. The average molecular weight is 801 g/mol. The molecule has 0 N–H and O–H groups in total. The van der Waals surface area contributed by atoms with Gasteiger partial charge in [-0.2, -0.15) is 0 Å². The molecule has 0 bridgehead atoms. The van der Waals surface area contributed by atoms with Crippen LogP contribution in [0.4, 0.5) is 0 Å². The normalized spacial score (nSPS) is 13.0. The first-order valence-corrected chi connectivity index (χ1v) is 21.9. The van der Waals surface area contributed by atoms with Crippen molar-refractivity contribution in [3.63, 3.8) is 0 Å². The van der Waals surface area contributed by atoms with Gasteiger partial charge in [0.25, 0.3) is 0 Å². The van der Waals surface area contributed by atoms with Crippen molar-refractivity contribution in [1.82, 2.24) is 9.97 Å². The molecule has 13 rings (SSSR count). The minimum Gasteiger partial charge on any atom is -0.256 e. The molecule has 0 radical (unpaired) electrons. The molecule has 0 unspecified atom stereocenters. The second-order valence-electron chi connectivity index (χ2n) is 17.6. The van der Waals surface area contributed by atoms with Crippen LogP contribution in [0, 0.1) is 0 Å². The Labute approximate surface area is 365 Å². The summed E-state index contributed by atoms with van der Waals surface area (Å²) in [5.74, 6) is 0. The fraction of sp³-hybridized carbons (Fsp3) is 0.0492. The highest BCUT2D eigenvalue weighted by Gasteiger charge is 2.36. The Balaban J connectivity index is 0.992. The average Bonchev–Trinajstić information content (AvgIpc) is 3.56. The number of fused-ring (bicyclic) bond motifs is 9. The van der Waals surface area contributed by atoms with Crippen LogP contribution in [-0.2, 0) is 5.41 Å². The van der Waals surface area contributed by atoms with Crippen LogP contribution >= 0.6 is 0 Å². The molecule has 0 spiro atoms. The molecule has 294 valence electrons. The Morgan fingerprint density at radius 3 is 0.937 bits per heavy atom. The molecule has 2 nitrogen and oxygen atoms in total. The summed E-state index contributed by atoms with van der Waals surface area (Å²) in [5.41, 5.74) is 17.1. The van der Waals surface area contributed by atoms with Crippen LogP contribution in [0.3, 0.4) is 0 Å². The number of pyridine rings is 2. The van der Waals surface area contributed by atoms with E-state index >= 15 is 0 Å². The van der Waals surface area contributed by atoms with E-state index in [-0.39, 0.29) is 5.41 Å². The molecular weight excluding hydrogens is 761 g/mol. The number of aromatic nitrogens is 2. The van der Waals surface area contributed by atoms with Crippen molar-refractivity contribution < 1.29 is 0 Å². The maximum absolute atomic E-state index is 4.73. The third-order valence-corrected chi connectivity index (χ3v) is 14.0. The predicted molar refractivity (Wildman–Crippen MR) is 266 cm³/mol. The third kappa shape index (κ3) is 5.19. The van der Waals surface area contributed by atoms with Gasteiger partial charge in [-0.05, 0) is 146 Å². The van der Waals surface area contributed by atoms with E-state index in [1.54, 1.807) is 0 Å². The van der Waals surface area contributed by atoms with E-state index in [0.29, 0.717) is 0 Å². The summed E-state index contributed by atoms with van der Waals surface area (Å²) in [4.78, 5) is 9.46. The van der Waals surface area contributed by atoms with Crippen molar-refractivity contribution in [2.24, 2.45) is 0 Å². The van der Waals surface area contributed by atoms with E-state index in [1.807, 2.05) is 12.4 Å². The van der Waals surface area contributed by atoms with Gasteiger partial charge in [0.2, 0.25) is 0 Å². The van der Waals surface area contributed by atoms with Gasteiger partial charge in [0.05, 0.1) is 11.0 Å². The summed E-state index contributed by atoms with van der Waals surface area (Å²) in [7, 11) is 0. The molecule has 2 aromatic heterocycles. The van der Waals surface area contributed by atoms with E-state index in [1.165, 1.54) is 121 Å². The van der Waals surface area contributed by atoms with Gasteiger partial charge in [-0.1, -0.05) is 172 Å². The van der Waals surface area contributed by atoms with Crippen LogP contribution in [0.1, 0.15) is 25.0 Å². The van der Waals surface area contributed by atoms with E-state index in [0.717, 1.165) is 11.0 Å². The number of hydrogen-bond donors (Lipinski definition) is 0. The quantitative estimate of drug-likeness (QED) is 0.166. The fourth-order valence-corrected chi connectivity index (χ4v) is 11.1. The molecule has 10 aromatic carbocycles. The maximum Gasteiger partial charge on any atom is 0.0708 e. The van der Waals surface area contributed by atoms with E-state index in [4.69, 9.17) is 9.97 Å². The molecule has 12 aromatic rings. The van der Waals surface area contributed by atoms with Crippen molar-refractivity contribution in [3.8, 4) is 55.6 Å². The fourth-order valence-electron chi connectivity index (χ4n) is 11.1. The first-order chi connectivity index (χ1) is 31.0. The van der Waals surface area contributed by atoms with Crippen molar-refractivity contribution in [3.05, 3.63) is 218 Å². The first kappa shape index (κ1) is 35.8. The van der Waals surface area contributed by atoms with Gasteiger partial charge in [-0.15, -0.1) is 0 Å². The number of para-hydroxylation sites is 2. The maximum atomic E-state index is 4.73. The molecule has 1 aliphatic carbocycles. The molecule has 1 aliphatic rings. The Kier molecular flexibility index (Phi) is 7.68. The zero-order valence-corrected chi connectivity index (χ0v) is 35.0. The molecule has 0 aliphatic heterocycles. The number of benzene rings is 10. The monoisotopic (exact) mass is 800 g/mol. The summed E-state index contributed by atoms with van der Waals surface area (Å²) >= 11 is 0. The van der Waals surface area contributed by atoms with Crippen molar-refractivity contribution in [2.45, 2.75) is 19.3 Å². The molecule has 2 heterocycles. The minimum absolute atomic E-state index is 0.236. The van der Waals surface area contributed by atoms with E-state index in [9.17, 15) is 0 Å². The lowest BCUT2D eigenvalue weighted by atomic mass is 9.79. The van der Waals surface area contributed by atoms with Crippen LogP contribution in [-0.4, -0.2) is 9.97 Å². The Morgan fingerprint density at radius 1 is 0.286 bits per heavy atom. The molecule has 0 saturated carbocycles. The van der Waals surface area contributed by atoms with Crippen LogP contribution < -0.4 is 0 Å². The van der Waals surface area contributed by atoms with Gasteiger partial charge >= 0.3 is 0 Å². The van der Waals surface area contributed by atoms with Gasteiger partial charge < -0.3 is 0 Å². The number of nitrogens with zero attached hydrogens (tertiary/aromatic N) is 2. The highest BCUT2D eigenvalue weighted by Crippen LogP contribution is 2.54. The SMILES string of the molecule is CC1(C)c2cc(-c3c4ccccc4c(-c4ccnc5ccccc45)c4ccccc34)ccc2-c2ccc(-c3c4ccccc4c(-c4ccnc5ccccc45)c4ccccc34)cc21. The van der Waals surface area contributed by atoms with Crippen LogP contribution in [0.5, 0.6) is 0 Å². The molecule has 0 fully saturated rings. The van der Waals surface area contributed by atoms with Crippen LogP contribution in [0.25, 0.3) is 121 Å². The Hall–Kier alpha value is -7.94. The lowest BCUT2D eigenvalue weighted by molar-refractivity contribution is 0.661. The molecule has 0 atom stereocenters. The van der Waals surface area contributed by atoms with Crippen LogP contribution in [0.15, 0.2) is 207 Å². The van der Waals surface area contributed by atoms with Gasteiger partial charge in [-0.3, -0.25) is 9.97 Å². The lowest BCUT2D eigenvalue weighted by Gasteiger charge is -2.24. The molecule has 63 heavy (non-hydrogen) atoms. The zero-order valence-electron chi connectivity index (χ0n) is 35.0. The predicted octanol–water partition coefficient (Wildman–Crippen LogP) is 16.4. The summed E-state index contributed by atoms with van der Waals surface area (Å²) in [5, 5.41) is 12.3. The molecular formula is C61H40N2. The van der Waals surface area contributed by atoms with Gasteiger partial charge in [0.15, 0.2) is 0 Å². The van der Waals surface area contributed by atoms with Crippen molar-refractivity contribution in [1.29, 1.82) is 0 Å². The van der Waals surface area contributed by atoms with Crippen molar-refractivity contribution in [2.75, 3.05) is 0 Å². The standard InChI is InChI=1S/C61H40N2/c1-61(2)53-35-37(57-43-17-3-7-21-47(43)59(48-22-8-4-18-44(48)57)51-31-33-62-55-25-13-11-15-41(51)55)27-29-39(53)40-30-28-38(36-54(40)61)58-45-19-5-9-23-49(45)60(50-24-10-6-20-46(50)58)52-32-34-63-56-26-14-12-16-42(52)56/h3-36H,1-2H3. The Bertz CT molecular complexity index is 3510. The second kappa shape index (κ2) is 13.5. The molecule has 0 amide bonds. The van der Waals surface area contributed by atoms with Gasteiger partial charge in [-0.25, -0.2) is 0 Å². The third-order valence-electron chi connectivity index (χ3n) is 14.0. The Morgan fingerprint density at radius 2 is 0.587 bits per heavy atom. The smallest absolute Gasteiger partial charge is 0.0708 e. The van der Waals surface area contributed by atoms with Gasteiger partial charge in [0, 0.05) is 28.6 Å². The van der Waals surface area contributed by atoms with Gasteiger partial charge in [0.1, 0.15) is 0 Å². The number of rotatable bonds is 4. The summed E-state index contributed by atoms with van der Waals surface area (Å²) in [6, 6.07) is 71.6. The molecule has 0 saturated heterocycles. The summed E-state index contributed by atoms with van der Waals surface area (Å²) < 4.78 is 0. The van der Waals surface area contributed by atoms with E-state index < -0.39 is 0 Å². The highest BCUT2D eigenvalue weighted by atomic mass is 14.6. The van der Waals surface area contributed by atoms with Crippen molar-refractivity contribution >= 4 is 64.9 Å². The highest BCUT2D eigenvalue weighted by molar-refractivity contribution is 6.25. The lowest BCUT2D eigenvalue weighted by Crippen LogP contribution is -2.15. The zero-order chi connectivity index (χ0) is 41.8. The van der Waals surface area contributed by atoms with Crippen LogP contribution in [0.2, 0.25) is 0 Å². The second-order valence-corrected chi connectivity index (χ2v) is 17.6. The summed E-state index contributed by atoms with van der Waals surface area (Å²) in [6.07, 6.45) is 3.90.